The first-order chi connectivity index (χ1) is 8.97. The van der Waals surface area contributed by atoms with E-state index in [4.69, 9.17) is 23.2 Å². The van der Waals surface area contributed by atoms with Crippen molar-refractivity contribution in [3.05, 3.63) is 20.3 Å². The molecule has 0 aliphatic carbocycles. The van der Waals surface area contributed by atoms with Crippen LogP contribution < -0.4 is 0 Å². The fourth-order valence-electron chi connectivity index (χ4n) is 2.16. The average Bonchev–Trinajstić information content (AvgIpc) is 2.68. The minimum atomic E-state index is -0.340. The van der Waals surface area contributed by atoms with Gasteiger partial charge in [-0.3, -0.25) is 9.69 Å². The van der Waals surface area contributed by atoms with Crippen LogP contribution in [0.25, 0.3) is 0 Å². The Morgan fingerprint density at radius 3 is 2.53 bits per heavy atom. The molecule has 2 heterocycles. The molecule has 2 rings (SSSR count). The number of thiophene rings is 1. The summed E-state index contributed by atoms with van der Waals surface area (Å²) in [6.45, 7) is 5.25. The van der Waals surface area contributed by atoms with Crippen LogP contribution in [-0.4, -0.2) is 59.6 Å². The first-order valence-electron chi connectivity index (χ1n) is 6.12. The molecule has 1 aromatic rings. The number of amides is 1. The zero-order chi connectivity index (χ0) is 14.0. The Kier molecular flexibility index (Phi) is 5.09. The maximum atomic E-state index is 12.3. The van der Waals surface area contributed by atoms with Crippen molar-refractivity contribution in [2.75, 3.05) is 32.7 Å². The van der Waals surface area contributed by atoms with Gasteiger partial charge in [-0.1, -0.05) is 23.2 Å². The van der Waals surface area contributed by atoms with Gasteiger partial charge >= 0.3 is 0 Å². The number of hydrogen-bond donors (Lipinski definition) is 1. The number of carbonyl (C=O) groups excluding carboxylic acids is 1. The maximum Gasteiger partial charge on any atom is 0.256 e. The van der Waals surface area contributed by atoms with Gasteiger partial charge in [-0.2, -0.15) is 0 Å². The average molecular weight is 323 g/mol. The normalized spacial score (nSPS) is 18.6. The van der Waals surface area contributed by atoms with Gasteiger partial charge in [0.05, 0.1) is 16.0 Å². The Morgan fingerprint density at radius 1 is 1.42 bits per heavy atom. The summed E-state index contributed by atoms with van der Waals surface area (Å²) < 4.78 is 0.975. The van der Waals surface area contributed by atoms with Gasteiger partial charge in [0.1, 0.15) is 4.34 Å². The summed E-state index contributed by atoms with van der Waals surface area (Å²) in [4.78, 5) is 16.2. The number of β-amino-alcohol motifs (C(OH)–C–C–N with tert-alkyl or cyclic N) is 1. The van der Waals surface area contributed by atoms with E-state index in [0.29, 0.717) is 33.9 Å². The van der Waals surface area contributed by atoms with E-state index < -0.39 is 0 Å². The first kappa shape index (κ1) is 15.1. The largest absolute Gasteiger partial charge is 0.392 e. The predicted molar refractivity (Wildman–Crippen MR) is 78.4 cm³/mol. The number of hydrogen-bond acceptors (Lipinski definition) is 4. The van der Waals surface area contributed by atoms with E-state index in [2.05, 4.69) is 4.90 Å². The third-order valence-corrected chi connectivity index (χ3v) is 4.56. The molecule has 1 saturated heterocycles. The SMILES string of the molecule is C[C@@H](O)CN1CCN(C(=O)c2cc(Cl)sc2Cl)CC1. The number of carbonyl (C=O) groups is 1. The molecule has 0 bridgehead atoms. The lowest BCUT2D eigenvalue weighted by molar-refractivity contribution is 0.0554. The lowest BCUT2D eigenvalue weighted by Crippen LogP contribution is -2.50. The van der Waals surface area contributed by atoms with Crippen LogP contribution in [0.3, 0.4) is 0 Å². The third-order valence-electron chi connectivity index (χ3n) is 3.07. The number of nitrogens with zero attached hydrogens (tertiary/aromatic N) is 2. The molecule has 0 saturated carbocycles. The van der Waals surface area contributed by atoms with Crippen LogP contribution in [0.5, 0.6) is 0 Å². The fourth-order valence-corrected chi connectivity index (χ4v) is 3.61. The Bertz CT molecular complexity index is 457. The van der Waals surface area contributed by atoms with Crippen LogP contribution >= 0.6 is 34.5 Å². The Balaban J connectivity index is 1.94. The van der Waals surface area contributed by atoms with E-state index in [1.165, 1.54) is 11.3 Å². The molecule has 1 N–H and O–H groups in total. The summed E-state index contributed by atoms with van der Waals surface area (Å²) in [7, 11) is 0. The van der Waals surface area contributed by atoms with Crippen molar-refractivity contribution in [3.8, 4) is 0 Å². The van der Waals surface area contributed by atoms with Gasteiger partial charge in [-0.05, 0) is 13.0 Å². The second-order valence-electron chi connectivity index (χ2n) is 4.68. The smallest absolute Gasteiger partial charge is 0.256 e. The Labute approximate surface area is 126 Å². The van der Waals surface area contributed by atoms with Crippen LogP contribution in [0, 0.1) is 0 Å². The summed E-state index contributed by atoms with van der Waals surface area (Å²) in [5.74, 6) is -0.0650. The van der Waals surface area contributed by atoms with Crippen molar-refractivity contribution in [3.63, 3.8) is 0 Å². The van der Waals surface area contributed by atoms with E-state index in [1.807, 2.05) is 0 Å². The van der Waals surface area contributed by atoms with E-state index in [9.17, 15) is 9.90 Å². The van der Waals surface area contributed by atoms with E-state index >= 15 is 0 Å². The maximum absolute atomic E-state index is 12.3. The van der Waals surface area contributed by atoms with E-state index in [-0.39, 0.29) is 12.0 Å². The minimum absolute atomic E-state index is 0.0650. The number of rotatable bonds is 3. The van der Waals surface area contributed by atoms with Crippen molar-refractivity contribution < 1.29 is 9.90 Å². The van der Waals surface area contributed by atoms with Crippen molar-refractivity contribution in [1.82, 2.24) is 9.80 Å². The Hall–Kier alpha value is -0.330. The molecule has 0 radical (unpaired) electrons. The molecule has 0 unspecified atom stereocenters. The van der Waals surface area contributed by atoms with Crippen LogP contribution in [0.2, 0.25) is 8.67 Å². The first-order valence-corrected chi connectivity index (χ1v) is 7.69. The summed E-state index contributed by atoms with van der Waals surface area (Å²) in [6.07, 6.45) is -0.340. The number of aliphatic hydroxyl groups excluding tert-OH is 1. The molecule has 1 aliphatic heterocycles. The summed E-state index contributed by atoms with van der Waals surface area (Å²) in [5.41, 5.74) is 0.487. The van der Waals surface area contributed by atoms with Crippen LogP contribution in [0.15, 0.2) is 6.07 Å². The van der Waals surface area contributed by atoms with Crippen LogP contribution in [-0.2, 0) is 0 Å². The van der Waals surface area contributed by atoms with Gasteiger partial charge in [0, 0.05) is 32.7 Å². The molecule has 106 valence electrons. The summed E-state index contributed by atoms with van der Waals surface area (Å²) >= 11 is 13.1. The minimum Gasteiger partial charge on any atom is -0.392 e. The molecule has 4 nitrogen and oxygen atoms in total. The van der Waals surface area contributed by atoms with Gasteiger partial charge in [0.2, 0.25) is 0 Å². The fraction of sp³-hybridized carbons (Fsp3) is 0.583. The molecular formula is C12H16Cl2N2O2S. The molecule has 0 aromatic carbocycles. The zero-order valence-corrected chi connectivity index (χ0v) is 12.9. The summed E-state index contributed by atoms with van der Waals surface area (Å²) in [5, 5.41) is 9.34. The van der Waals surface area contributed by atoms with E-state index in [0.717, 1.165) is 13.1 Å². The van der Waals surface area contributed by atoms with E-state index in [1.54, 1.807) is 17.9 Å². The topological polar surface area (TPSA) is 43.8 Å². The molecule has 1 aromatic heterocycles. The van der Waals surface area contributed by atoms with Crippen molar-refractivity contribution in [2.24, 2.45) is 0 Å². The molecule has 1 aliphatic rings. The standard InChI is InChI=1S/C12H16Cl2N2O2S/c1-8(17)7-15-2-4-16(5-3-15)12(18)9-6-10(13)19-11(9)14/h6,8,17H,2-5,7H2,1H3/t8-/m1/s1. The third kappa shape index (κ3) is 3.83. The van der Waals surface area contributed by atoms with Crippen LogP contribution in [0.4, 0.5) is 0 Å². The molecular weight excluding hydrogens is 307 g/mol. The predicted octanol–water partition coefficient (Wildman–Crippen LogP) is 2.19. The van der Waals surface area contributed by atoms with Crippen molar-refractivity contribution in [2.45, 2.75) is 13.0 Å². The quantitative estimate of drug-likeness (QED) is 0.927. The highest BCUT2D eigenvalue weighted by Crippen LogP contribution is 2.32. The number of halogens is 2. The zero-order valence-electron chi connectivity index (χ0n) is 10.6. The monoisotopic (exact) mass is 322 g/mol. The molecule has 19 heavy (non-hydrogen) atoms. The van der Waals surface area contributed by atoms with Crippen LogP contribution in [0.1, 0.15) is 17.3 Å². The van der Waals surface area contributed by atoms with Gasteiger partial charge in [-0.25, -0.2) is 0 Å². The molecule has 1 amide bonds. The Morgan fingerprint density at radius 2 is 2.05 bits per heavy atom. The summed E-state index contributed by atoms with van der Waals surface area (Å²) in [6, 6.07) is 1.62. The van der Waals surface area contributed by atoms with Gasteiger partial charge < -0.3 is 10.0 Å². The lowest BCUT2D eigenvalue weighted by atomic mass is 10.2. The lowest BCUT2D eigenvalue weighted by Gasteiger charge is -2.35. The highest BCUT2D eigenvalue weighted by Gasteiger charge is 2.25. The van der Waals surface area contributed by atoms with Gasteiger partial charge in [0.25, 0.3) is 5.91 Å². The highest BCUT2D eigenvalue weighted by atomic mass is 35.5. The molecule has 1 fully saturated rings. The van der Waals surface area contributed by atoms with Crippen molar-refractivity contribution >= 4 is 40.4 Å². The van der Waals surface area contributed by atoms with Gasteiger partial charge in [-0.15, -0.1) is 11.3 Å². The van der Waals surface area contributed by atoms with Crippen molar-refractivity contribution in [1.29, 1.82) is 0 Å². The molecule has 1 atom stereocenters. The molecule has 7 heteroatoms. The van der Waals surface area contributed by atoms with Gasteiger partial charge in [0.15, 0.2) is 0 Å². The second-order valence-corrected chi connectivity index (χ2v) is 6.97. The number of piperazine rings is 1. The second kappa shape index (κ2) is 6.41. The number of aliphatic hydroxyl groups is 1. The molecule has 0 spiro atoms. The highest BCUT2D eigenvalue weighted by molar-refractivity contribution is 7.20.